The van der Waals surface area contributed by atoms with Gasteiger partial charge in [-0.3, -0.25) is 14.5 Å². The Balaban J connectivity index is 1.27. The number of methoxy groups -OCH3 is 1. The van der Waals surface area contributed by atoms with Crippen molar-refractivity contribution in [1.82, 2.24) is 30.2 Å². The van der Waals surface area contributed by atoms with Crippen molar-refractivity contribution in [2.75, 3.05) is 25.6 Å². The van der Waals surface area contributed by atoms with Crippen molar-refractivity contribution < 1.29 is 50.6 Å². The van der Waals surface area contributed by atoms with Gasteiger partial charge >= 0.3 is 18.1 Å². The Kier molecular flexibility index (Phi) is 10.7. The van der Waals surface area contributed by atoms with E-state index < -0.39 is 42.4 Å². The summed E-state index contributed by atoms with van der Waals surface area (Å²) in [5.74, 6) is -4.75. The Hall–Kier alpha value is -5.91. The zero-order chi connectivity index (χ0) is 36.0. The predicted molar refractivity (Wildman–Crippen MR) is 166 cm³/mol. The van der Waals surface area contributed by atoms with E-state index in [9.17, 15) is 22.8 Å². The normalized spacial score (nSPS) is 12.0. The number of hydrogen-bond donors (Lipinski definition) is 2. The molecule has 0 fully saturated rings. The standard InChI is InChI=1S/C32H28F5N7O6/c1-17-12-19(8-9-38-17)40-28-26(47-3)15-39-29(41-28)27-21-6-4-5-7-25(21)44(42-27)16-22-23(33)13-20(14-24(22)34)48-10-11-49-30(45)18(2)43-50-31(46)32(35,36)37/h4-9,12-15,18,43H,10-11,16H2,1-3H3,(H,38,39,40,41)/t18-/m0/s1. The van der Waals surface area contributed by atoms with Crippen molar-refractivity contribution >= 4 is 34.3 Å². The number of fused-ring (bicyclic) bond motifs is 1. The van der Waals surface area contributed by atoms with Gasteiger partial charge in [0, 0.05) is 40.7 Å². The Morgan fingerprint density at radius 1 is 1.02 bits per heavy atom. The number of nitrogens with zero attached hydrogens (tertiary/aromatic N) is 5. The molecule has 13 nitrogen and oxygen atoms in total. The molecule has 0 saturated heterocycles. The molecule has 1 atom stereocenters. The monoisotopic (exact) mass is 701 g/mol. The zero-order valence-electron chi connectivity index (χ0n) is 26.5. The summed E-state index contributed by atoms with van der Waals surface area (Å²) in [6, 6.07) is 11.1. The Morgan fingerprint density at radius 3 is 2.46 bits per heavy atom. The number of aryl methyl sites for hydroxylation is 1. The third-order valence-electron chi connectivity index (χ3n) is 6.94. The fraction of sp³-hybridized carbons (Fsp3) is 0.250. The summed E-state index contributed by atoms with van der Waals surface area (Å²) in [6.07, 6.45) is -2.12. The average Bonchev–Trinajstić information content (AvgIpc) is 3.44. The van der Waals surface area contributed by atoms with E-state index in [2.05, 4.69) is 30.2 Å². The lowest BCUT2D eigenvalue weighted by Crippen LogP contribution is -2.40. The predicted octanol–water partition coefficient (Wildman–Crippen LogP) is 5.20. The second-order valence-electron chi connectivity index (χ2n) is 10.6. The molecule has 0 aliphatic rings. The van der Waals surface area contributed by atoms with E-state index in [4.69, 9.17) is 14.2 Å². The maximum absolute atomic E-state index is 15.2. The Morgan fingerprint density at radius 2 is 1.76 bits per heavy atom. The van der Waals surface area contributed by atoms with Gasteiger partial charge < -0.3 is 24.4 Å². The number of anilines is 2. The van der Waals surface area contributed by atoms with Gasteiger partial charge in [0.25, 0.3) is 0 Å². The first-order chi connectivity index (χ1) is 23.8. The van der Waals surface area contributed by atoms with Gasteiger partial charge in [0.2, 0.25) is 0 Å². The number of rotatable bonds is 13. The summed E-state index contributed by atoms with van der Waals surface area (Å²) >= 11 is 0. The maximum atomic E-state index is 15.2. The molecular weight excluding hydrogens is 673 g/mol. The number of nitrogens with one attached hydrogen (secondary N) is 2. The van der Waals surface area contributed by atoms with Crippen LogP contribution in [-0.2, 0) is 25.7 Å². The average molecular weight is 702 g/mol. The SMILES string of the molecule is COc1cnc(-c2nn(Cc3c(F)cc(OCCOC(=O)[C@H](C)NOC(=O)C(F)(F)F)cc3F)c3ccccc23)nc1Nc1ccnc(C)c1. The lowest BCUT2D eigenvalue weighted by atomic mass is 10.1. The molecule has 0 bridgehead atoms. The van der Waals surface area contributed by atoms with E-state index in [-0.39, 0.29) is 30.3 Å². The van der Waals surface area contributed by atoms with Gasteiger partial charge in [-0.05, 0) is 32.0 Å². The van der Waals surface area contributed by atoms with Crippen molar-refractivity contribution in [3.63, 3.8) is 0 Å². The molecule has 0 saturated carbocycles. The number of hydroxylamine groups is 1. The largest absolute Gasteiger partial charge is 0.492 e. The number of carbonyl (C=O) groups is 2. The topological polar surface area (TPSA) is 152 Å². The number of esters is 1. The lowest BCUT2D eigenvalue weighted by Gasteiger charge is -2.14. The number of hydrogen-bond acceptors (Lipinski definition) is 12. The number of para-hydroxylation sites is 1. The second kappa shape index (κ2) is 15.1. The quantitative estimate of drug-likeness (QED) is 0.0719. The van der Waals surface area contributed by atoms with Gasteiger partial charge in [-0.1, -0.05) is 18.2 Å². The van der Waals surface area contributed by atoms with Crippen LogP contribution in [0.1, 0.15) is 18.2 Å². The maximum Gasteiger partial charge on any atom is 0.492 e. The number of aromatic nitrogens is 5. The van der Waals surface area contributed by atoms with Crippen molar-refractivity contribution in [3.05, 3.63) is 83.8 Å². The summed E-state index contributed by atoms with van der Waals surface area (Å²) in [4.78, 5) is 39.7. The van der Waals surface area contributed by atoms with Gasteiger partial charge in [0.15, 0.2) is 17.4 Å². The van der Waals surface area contributed by atoms with Gasteiger partial charge in [-0.25, -0.2) is 23.5 Å². The third-order valence-corrected chi connectivity index (χ3v) is 6.94. The summed E-state index contributed by atoms with van der Waals surface area (Å²) in [6.45, 7) is 1.84. The van der Waals surface area contributed by atoms with Crippen molar-refractivity contribution in [1.29, 1.82) is 0 Å². The summed E-state index contributed by atoms with van der Waals surface area (Å²) in [7, 11) is 1.48. The lowest BCUT2D eigenvalue weighted by molar-refractivity contribution is -0.209. The van der Waals surface area contributed by atoms with Crippen LogP contribution < -0.4 is 20.3 Å². The molecule has 18 heteroatoms. The minimum atomic E-state index is -5.25. The van der Waals surface area contributed by atoms with Crippen molar-refractivity contribution in [2.45, 2.75) is 32.6 Å². The minimum absolute atomic E-state index is 0.216. The molecule has 0 aliphatic heterocycles. The highest BCUT2D eigenvalue weighted by Crippen LogP contribution is 2.32. The zero-order valence-corrected chi connectivity index (χ0v) is 26.5. The molecule has 262 valence electrons. The fourth-order valence-electron chi connectivity index (χ4n) is 4.54. The highest BCUT2D eigenvalue weighted by Gasteiger charge is 2.42. The number of benzene rings is 2. The van der Waals surface area contributed by atoms with E-state index in [0.29, 0.717) is 33.9 Å². The highest BCUT2D eigenvalue weighted by atomic mass is 19.4. The van der Waals surface area contributed by atoms with Crippen LogP contribution in [0, 0.1) is 18.6 Å². The van der Waals surface area contributed by atoms with E-state index in [0.717, 1.165) is 24.8 Å². The van der Waals surface area contributed by atoms with E-state index in [1.165, 1.54) is 18.0 Å². The van der Waals surface area contributed by atoms with Crippen molar-refractivity contribution in [2.24, 2.45) is 0 Å². The van der Waals surface area contributed by atoms with Gasteiger partial charge in [-0.2, -0.15) is 18.3 Å². The van der Waals surface area contributed by atoms with Crippen LogP contribution in [0.25, 0.3) is 22.4 Å². The van der Waals surface area contributed by atoms with E-state index in [1.807, 2.05) is 13.0 Å². The number of carbonyl (C=O) groups excluding carboxylic acids is 2. The number of ether oxygens (including phenoxy) is 3. The molecule has 2 N–H and O–H groups in total. The van der Waals surface area contributed by atoms with Gasteiger partial charge in [0.05, 0.1) is 25.4 Å². The van der Waals surface area contributed by atoms with Crippen LogP contribution >= 0.6 is 0 Å². The minimum Gasteiger partial charge on any atom is -0.491 e. The number of halogens is 5. The van der Waals surface area contributed by atoms with E-state index >= 15 is 8.78 Å². The molecule has 3 aromatic heterocycles. The fourth-order valence-corrected chi connectivity index (χ4v) is 4.54. The first kappa shape index (κ1) is 35.4. The van der Waals surface area contributed by atoms with Gasteiger partial charge in [0.1, 0.15) is 42.3 Å². The molecule has 0 amide bonds. The number of pyridine rings is 1. The molecule has 0 radical (unpaired) electrons. The van der Waals surface area contributed by atoms with Crippen LogP contribution in [0.3, 0.4) is 0 Å². The van der Waals surface area contributed by atoms with Crippen LogP contribution in [0.4, 0.5) is 33.5 Å². The highest BCUT2D eigenvalue weighted by molar-refractivity contribution is 5.92. The van der Waals surface area contributed by atoms with Crippen LogP contribution in [0.2, 0.25) is 0 Å². The molecule has 3 heterocycles. The molecule has 2 aromatic carbocycles. The Labute approximate surface area is 280 Å². The summed E-state index contributed by atoms with van der Waals surface area (Å²) < 4.78 is 84.1. The van der Waals surface area contributed by atoms with E-state index in [1.54, 1.807) is 42.0 Å². The second-order valence-corrected chi connectivity index (χ2v) is 10.6. The smallest absolute Gasteiger partial charge is 0.491 e. The first-order valence-corrected chi connectivity index (χ1v) is 14.7. The molecule has 50 heavy (non-hydrogen) atoms. The third kappa shape index (κ3) is 8.38. The molecular formula is C32H28F5N7O6. The molecule has 0 spiro atoms. The van der Waals surface area contributed by atoms with Gasteiger partial charge in [-0.15, -0.1) is 5.48 Å². The summed E-state index contributed by atoms with van der Waals surface area (Å²) in [5, 5.41) is 8.43. The molecule has 5 rings (SSSR count). The van der Waals surface area contributed by atoms with Crippen LogP contribution in [0.15, 0.2) is 60.9 Å². The Bertz CT molecular complexity index is 2000. The molecule has 0 unspecified atom stereocenters. The van der Waals surface area contributed by atoms with Crippen molar-refractivity contribution in [3.8, 4) is 23.0 Å². The van der Waals surface area contributed by atoms with Crippen LogP contribution in [-0.4, -0.2) is 69.2 Å². The molecule has 5 aromatic rings. The number of alkyl halides is 3. The first-order valence-electron chi connectivity index (χ1n) is 14.7. The summed E-state index contributed by atoms with van der Waals surface area (Å²) in [5.41, 5.74) is 3.72. The molecule has 0 aliphatic carbocycles. The van der Waals surface area contributed by atoms with Crippen LogP contribution in [0.5, 0.6) is 11.5 Å².